The zero-order valence-electron chi connectivity index (χ0n) is 13.6. The van der Waals surface area contributed by atoms with E-state index in [1.807, 2.05) is 0 Å². The zero-order valence-corrected chi connectivity index (χ0v) is 15.2. The van der Waals surface area contributed by atoms with Gasteiger partial charge in [-0.05, 0) is 44.4 Å². The third-order valence-corrected chi connectivity index (χ3v) is 5.02. The summed E-state index contributed by atoms with van der Waals surface area (Å²) in [7, 11) is 1.46. The predicted molar refractivity (Wildman–Crippen MR) is 92.8 cm³/mol. The molecule has 0 radical (unpaired) electrons. The Morgan fingerprint density at radius 3 is 2.43 bits per heavy atom. The third-order valence-electron chi connectivity index (χ3n) is 4.51. The lowest BCUT2D eigenvalue weighted by atomic mass is 9.82. The predicted octanol–water partition coefficient (Wildman–Crippen LogP) is 2.63. The van der Waals surface area contributed by atoms with E-state index < -0.39 is 0 Å². The van der Waals surface area contributed by atoms with Crippen molar-refractivity contribution >= 4 is 27.8 Å². The first-order valence-electron chi connectivity index (χ1n) is 8.22. The number of rotatable bonds is 6. The third kappa shape index (κ3) is 5.37. The van der Waals surface area contributed by atoms with Gasteiger partial charge in [-0.2, -0.15) is 0 Å². The SMILES string of the molecule is COC(=O)C1CCC(CNC2=CCCC=C2NC(=O)CBr)CC1. The number of hydrogen-bond acceptors (Lipinski definition) is 4. The average molecular weight is 385 g/mol. The Morgan fingerprint density at radius 1 is 1.17 bits per heavy atom. The number of carbonyl (C=O) groups excluding carboxylic acids is 2. The van der Waals surface area contributed by atoms with Gasteiger partial charge in [-0.25, -0.2) is 0 Å². The molecule has 2 aliphatic carbocycles. The molecule has 1 amide bonds. The van der Waals surface area contributed by atoms with Crippen LogP contribution in [0.4, 0.5) is 0 Å². The molecule has 0 bridgehead atoms. The van der Waals surface area contributed by atoms with E-state index in [1.54, 1.807) is 0 Å². The smallest absolute Gasteiger partial charge is 0.308 e. The summed E-state index contributed by atoms with van der Waals surface area (Å²) in [5, 5.41) is 6.70. The summed E-state index contributed by atoms with van der Waals surface area (Å²) in [4.78, 5) is 23.1. The Labute approximate surface area is 146 Å². The number of allylic oxidation sites excluding steroid dienone is 2. The van der Waals surface area contributed by atoms with E-state index in [1.165, 1.54) is 7.11 Å². The van der Waals surface area contributed by atoms with Crippen LogP contribution in [0.2, 0.25) is 0 Å². The molecule has 0 spiro atoms. The molecule has 23 heavy (non-hydrogen) atoms. The van der Waals surface area contributed by atoms with Gasteiger partial charge in [0.15, 0.2) is 0 Å². The number of methoxy groups -OCH3 is 1. The van der Waals surface area contributed by atoms with Crippen molar-refractivity contribution in [2.75, 3.05) is 19.0 Å². The number of halogens is 1. The number of nitrogens with one attached hydrogen (secondary N) is 2. The topological polar surface area (TPSA) is 67.4 Å². The van der Waals surface area contributed by atoms with Crippen LogP contribution in [0.15, 0.2) is 23.5 Å². The fourth-order valence-corrected chi connectivity index (χ4v) is 3.31. The van der Waals surface area contributed by atoms with E-state index in [-0.39, 0.29) is 17.8 Å². The summed E-state index contributed by atoms with van der Waals surface area (Å²) >= 11 is 3.17. The van der Waals surface area contributed by atoms with Gasteiger partial charge in [-0.3, -0.25) is 9.59 Å². The molecule has 0 saturated heterocycles. The van der Waals surface area contributed by atoms with Crippen molar-refractivity contribution in [2.45, 2.75) is 38.5 Å². The molecule has 2 rings (SSSR count). The van der Waals surface area contributed by atoms with Crippen LogP contribution in [-0.4, -0.2) is 30.9 Å². The van der Waals surface area contributed by atoms with Crippen molar-refractivity contribution in [2.24, 2.45) is 11.8 Å². The van der Waals surface area contributed by atoms with Gasteiger partial charge in [0.05, 0.1) is 29.8 Å². The number of esters is 1. The highest BCUT2D eigenvalue weighted by atomic mass is 79.9. The van der Waals surface area contributed by atoms with E-state index in [9.17, 15) is 9.59 Å². The fraction of sp³-hybridized carbons (Fsp3) is 0.647. The van der Waals surface area contributed by atoms with E-state index in [0.717, 1.165) is 56.5 Å². The van der Waals surface area contributed by atoms with Gasteiger partial charge < -0.3 is 15.4 Å². The molecular weight excluding hydrogens is 360 g/mol. The second kappa shape index (κ2) is 9.11. The Balaban J connectivity index is 1.79. The van der Waals surface area contributed by atoms with Crippen molar-refractivity contribution in [3.8, 4) is 0 Å². The molecule has 1 fully saturated rings. The van der Waals surface area contributed by atoms with Gasteiger partial charge in [0, 0.05) is 6.54 Å². The second-order valence-electron chi connectivity index (χ2n) is 6.12. The molecule has 6 heteroatoms. The standard InChI is InChI=1S/C17H25BrN2O3/c1-23-17(22)13-8-6-12(7-9-13)11-19-14-4-2-3-5-15(14)20-16(21)10-18/h4-5,12-13,19H,2-3,6-11H2,1H3,(H,20,21). The Morgan fingerprint density at radius 2 is 1.83 bits per heavy atom. The van der Waals surface area contributed by atoms with Crippen LogP contribution < -0.4 is 10.6 Å². The number of amides is 1. The first-order valence-corrected chi connectivity index (χ1v) is 9.34. The van der Waals surface area contributed by atoms with E-state index in [4.69, 9.17) is 4.74 Å². The second-order valence-corrected chi connectivity index (χ2v) is 6.68. The van der Waals surface area contributed by atoms with Gasteiger partial charge in [0.25, 0.3) is 0 Å². The molecule has 0 aromatic heterocycles. The van der Waals surface area contributed by atoms with E-state index >= 15 is 0 Å². The number of hydrogen-bond donors (Lipinski definition) is 2. The fourth-order valence-electron chi connectivity index (χ4n) is 3.17. The van der Waals surface area contributed by atoms with E-state index in [2.05, 4.69) is 38.7 Å². The molecule has 2 N–H and O–H groups in total. The van der Waals surface area contributed by atoms with Crippen LogP contribution in [-0.2, 0) is 14.3 Å². The first-order chi connectivity index (χ1) is 11.1. The minimum Gasteiger partial charge on any atom is -0.469 e. The van der Waals surface area contributed by atoms with E-state index in [0.29, 0.717) is 11.2 Å². The van der Waals surface area contributed by atoms with Crippen molar-refractivity contribution in [1.29, 1.82) is 0 Å². The summed E-state index contributed by atoms with van der Waals surface area (Å²) in [6.07, 6.45) is 10.0. The van der Waals surface area contributed by atoms with Gasteiger partial charge in [0.2, 0.25) is 5.91 Å². The molecule has 1 saturated carbocycles. The molecule has 2 aliphatic rings. The highest BCUT2D eigenvalue weighted by molar-refractivity contribution is 9.09. The maximum Gasteiger partial charge on any atom is 0.308 e. The summed E-state index contributed by atoms with van der Waals surface area (Å²) in [6, 6.07) is 0. The number of carbonyl (C=O) groups is 2. The lowest BCUT2D eigenvalue weighted by molar-refractivity contribution is -0.146. The normalized spacial score (nSPS) is 24.3. The summed E-state index contributed by atoms with van der Waals surface area (Å²) in [5.41, 5.74) is 1.89. The number of ether oxygens (including phenoxy) is 1. The largest absolute Gasteiger partial charge is 0.469 e. The molecule has 0 heterocycles. The van der Waals surface area contributed by atoms with Crippen molar-refractivity contribution < 1.29 is 14.3 Å². The summed E-state index contributed by atoms with van der Waals surface area (Å²) in [5.74, 6) is 0.518. The van der Waals surface area contributed by atoms with Crippen LogP contribution >= 0.6 is 15.9 Å². The Bertz CT molecular complexity index is 494. The summed E-state index contributed by atoms with van der Waals surface area (Å²) in [6.45, 7) is 0.876. The molecule has 128 valence electrons. The monoisotopic (exact) mass is 384 g/mol. The van der Waals surface area contributed by atoms with Crippen LogP contribution in [0.1, 0.15) is 38.5 Å². The van der Waals surface area contributed by atoms with Gasteiger partial charge >= 0.3 is 5.97 Å². The van der Waals surface area contributed by atoms with Gasteiger partial charge in [-0.15, -0.1) is 0 Å². The van der Waals surface area contributed by atoms with Crippen molar-refractivity contribution in [3.63, 3.8) is 0 Å². The van der Waals surface area contributed by atoms with Crippen molar-refractivity contribution in [1.82, 2.24) is 10.6 Å². The molecule has 0 atom stereocenters. The van der Waals surface area contributed by atoms with Crippen LogP contribution in [0.5, 0.6) is 0 Å². The quantitative estimate of drug-likeness (QED) is 0.545. The maximum absolute atomic E-state index is 11.6. The molecule has 0 aromatic rings. The van der Waals surface area contributed by atoms with Gasteiger partial charge in [-0.1, -0.05) is 28.1 Å². The first kappa shape index (κ1) is 18.0. The van der Waals surface area contributed by atoms with Crippen LogP contribution in [0.3, 0.4) is 0 Å². The number of alkyl halides is 1. The van der Waals surface area contributed by atoms with Gasteiger partial charge in [0.1, 0.15) is 0 Å². The van der Waals surface area contributed by atoms with Crippen LogP contribution in [0, 0.1) is 11.8 Å². The minimum atomic E-state index is -0.0749. The van der Waals surface area contributed by atoms with Crippen molar-refractivity contribution in [3.05, 3.63) is 23.5 Å². The average Bonchev–Trinajstić information content (AvgIpc) is 2.60. The molecule has 0 aliphatic heterocycles. The molecule has 5 nitrogen and oxygen atoms in total. The maximum atomic E-state index is 11.6. The molecular formula is C17H25BrN2O3. The molecule has 0 aromatic carbocycles. The zero-order chi connectivity index (χ0) is 16.7. The summed E-state index contributed by atoms with van der Waals surface area (Å²) < 4.78 is 4.83. The molecule has 0 unspecified atom stereocenters. The Hall–Kier alpha value is -1.30. The minimum absolute atomic E-state index is 0.0376. The van der Waals surface area contributed by atoms with Crippen LogP contribution in [0.25, 0.3) is 0 Å². The highest BCUT2D eigenvalue weighted by Gasteiger charge is 2.27. The highest BCUT2D eigenvalue weighted by Crippen LogP contribution is 2.29. The Kier molecular flexibility index (Phi) is 7.15. The lowest BCUT2D eigenvalue weighted by Gasteiger charge is -2.28. The lowest BCUT2D eigenvalue weighted by Crippen LogP contribution is -2.33.